The minimum Gasteiger partial charge on any atom is -0.347 e. The lowest BCUT2D eigenvalue weighted by Crippen LogP contribution is -2.35. The molecule has 0 amide bonds. The molecule has 3 aromatic rings. The van der Waals surface area contributed by atoms with Crippen LogP contribution in [0.5, 0.6) is 0 Å². The number of nitrogens with one attached hydrogen (secondary N) is 1. The molecule has 1 aromatic carbocycles. The zero-order valence-corrected chi connectivity index (χ0v) is 14.7. The SMILES string of the molecule is Cc1ccc2nc(N3CCCC(c4cc(=O)[nH]c(C)n4)C3)sc2c1. The standard InChI is InChI=1S/C18H20N4OS/c1-11-5-6-14-16(8-11)24-18(21-14)22-7-3-4-13(10-22)15-9-17(23)20-12(2)19-15/h5-6,8-9,13H,3-4,7,10H2,1-2H3,(H,19,20,23). The van der Waals surface area contributed by atoms with Crippen molar-refractivity contribution in [1.29, 1.82) is 0 Å². The Balaban J connectivity index is 1.62. The van der Waals surface area contributed by atoms with E-state index in [9.17, 15) is 4.79 Å². The summed E-state index contributed by atoms with van der Waals surface area (Å²) in [5.74, 6) is 0.971. The Morgan fingerprint density at radius 2 is 2.12 bits per heavy atom. The van der Waals surface area contributed by atoms with Crippen molar-refractivity contribution in [3.8, 4) is 0 Å². The molecule has 124 valence electrons. The van der Waals surface area contributed by atoms with Gasteiger partial charge in [-0.3, -0.25) is 4.79 Å². The fraction of sp³-hybridized carbons (Fsp3) is 0.389. The predicted molar refractivity (Wildman–Crippen MR) is 98.1 cm³/mol. The Bertz CT molecular complexity index is 946. The van der Waals surface area contributed by atoms with Gasteiger partial charge in [0.1, 0.15) is 5.82 Å². The van der Waals surface area contributed by atoms with Crippen LogP contribution in [0, 0.1) is 13.8 Å². The number of piperidine rings is 1. The first-order valence-corrected chi connectivity index (χ1v) is 9.10. The molecular weight excluding hydrogens is 320 g/mol. The molecule has 0 radical (unpaired) electrons. The summed E-state index contributed by atoms with van der Waals surface area (Å²) < 4.78 is 1.23. The van der Waals surface area contributed by atoms with E-state index in [2.05, 4.69) is 40.0 Å². The normalized spacial score (nSPS) is 18.2. The van der Waals surface area contributed by atoms with Crippen LogP contribution in [0.25, 0.3) is 10.2 Å². The Kier molecular flexibility index (Phi) is 3.84. The average Bonchev–Trinajstić information content (AvgIpc) is 2.97. The Morgan fingerprint density at radius 1 is 1.25 bits per heavy atom. The second kappa shape index (κ2) is 6.02. The number of nitrogens with zero attached hydrogens (tertiary/aromatic N) is 3. The van der Waals surface area contributed by atoms with Crippen molar-refractivity contribution in [1.82, 2.24) is 15.0 Å². The van der Waals surface area contributed by atoms with E-state index in [0.717, 1.165) is 42.3 Å². The third-order valence-electron chi connectivity index (χ3n) is 4.52. The molecule has 1 N–H and O–H groups in total. The van der Waals surface area contributed by atoms with Crippen molar-refractivity contribution in [3.05, 3.63) is 51.7 Å². The lowest BCUT2D eigenvalue weighted by atomic mass is 9.95. The summed E-state index contributed by atoms with van der Waals surface area (Å²) in [6.07, 6.45) is 2.16. The van der Waals surface area contributed by atoms with Crippen molar-refractivity contribution in [2.45, 2.75) is 32.6 Å². The number of benzene rings is 1. The predicted octanol–water partition coefficient (Wildman–Crippen LogP) is 3.38. The summed E-state index contributed by atoms with van der Waals surface area (Å²) in [5, 5.41) is 1.07. The van der Waals surface area contributed by atoms with E-state index >= 15 is 0 Å². The van der Waals surface area contributed by atoms with E-state index in [1.54, 1.807) is 17.4 Å². The van der Waals surface area contributed by atoms with Gasteiger partial charge in [0.2, 0.25) is 0 Å². The molecule has 5 nitrogen and oxygen atoms in total. The average molecular weight is 340 g/mol. The number of hydrogen-bond acceptors (Lipinski definition) is 5. The molecule has 1 fully saturated rings. The largest absolute Gasteiger partial charge is 0.347 e. The molecule has 0 spiro atoms. The summed E-state index contributed by atoms with van der Waals surface area (Å²) in [6.45, 7) is 5.82. The van der Waals surface area contributed by atoms with Gasteiger partial charge in [-0.05, 0) is 44.4 Å². The van der Waals surface area contributed by atoms with Crippen LogP contribution in [0.15, 0.2) is 29.1 Å². The van der Waals surface area contributed by atoms with Crippen molar-refractivity contribution in [2.75, 3.05) is 18.0 Å². The minimum absolute atomic E-state index is 0.0647. The number of thiazole rings is 1. The van der Waals surface area contributed by atoms with Crippen LogP contribution >= 0.6 is 11.3 Å². The monoisotopic (exact) mass is 340 g/mol. The van der Waals surface area contributed by atoms with E-state index < -0.39 is 0 Å². The van der Waals surface area contributed by atoms with Crippen LogP contribution in [0.4, 0.5) is 5.13 Å². The van der Waals surface area contributed by atoms with Crippen molar-refractivity contribution in [2.24, 2.45) is 0 Å². The second-order valence-corrected chi connectivity index (χ2v) is 7.52. The van der Waals surface area contributed by atoms with Gasteiger partial charge in [0.05, 0.1) is 15.9 Å². The van der Waals surface area contributed by atoms with Crippen LogP contribution in [0.1, 0.15) is 35.8 Å². The molecule has 0 saturated carbocycles. The van der Waals surface area contributed by atoms with Crippen LogP contribution in [-0.4, -0.2) is 28.0 Å². The van der Waals surface area contributed by atoms with E-state index in [4.69, 9.17) is 4.98 Å². The van der Waals surface area contributed by atoms with Gasteiger partial charge in [-0.15, -0.1) is 0 Å². The van der Waals surface area contributed by atoms with Crippen molar-refractivity contribution < 1.29 is 0 Å². The molecule has 1 saturated heterocycles. The van der Waals surface area contributed by atoms with Crippen LogP contribution in [0.3, 0.4) is 0 Å². The first-order chi connectivity index (χ1) is 11.6. The maximum atomic E-state index is 11.7. The quantitative estimate of drug-likeness (QED) is 0.777. The number of aromatic amines is 1. The number of fused-ring (bicyclic) bond motifs is 1. The molecular formula is C18H20N4OS. The summed E-state index contributed by atoms with van der Waals surface area (Å²) in [6, 6.07) is 8.03. The Labute approximate surface area is 144 Å². The Hall–Kier alpha value is -2.21. The summed E-state index contributed by atoms with van der Waals surface area (Å²) in [7, 11) is 0. The van der Waals surface area contributed by atoms with Crippen LogP contribution in [0.2, 0.25) is 0 Å². The molecule has 1 aliphatic rings. The topological polar surface area (TPSA) is 61.9 Å². The smallest absolute Gasteiger partial charge is 0.251 e. The number of aromatic nitrogens is 3. The third-order valence-corrected chi connectivity index (χ3v) is 5.60. The lowest BCUT2D eigenvalue weighted by molar-refractivity contribution is 0.499. The maximum absolute atomic E-state index is 11.7. The zero-order chi connectivity index (χ0) is 16.7. The first-order valence-electron chi connectivity index (χ1n) is 8.28. The van der Waals surface area contributed by atoms with E-state index in [-0.39, 0.29) is 11.5 Å². The number of H-pyrrole nitrogens is 1. The number of anilines is 1. The van der Waals surface area contributed by atoms with Gasteiger partial charge in [0.25, 0.3) is 5.56 Å². The lowest BCUT2D eigenvalue weighted by Gasteiger charge is -2.32. The highest BCUT2D eigenvalue weighted by molar-refractivity contribution is 7.22. The second-order valence-electron chi connectivity index (χ2n) is 6.51. The molecule has 4 rings (SSSR count). The molecule has 1 unspecified atom stereocenters. The van der Waals surface area contributed by atoms with E-state index in [1.807, 2.05) is 6.92 Å². The van der Waals surface area contributed by atoms with E-state index in [0.29, 0.717) is 5.82 Å². The molecule has 1 aliphatic heterocycles. The highest BCUT2D eigenvalue weighted by Gasteiger charge is 2.25. The van der Waals surface area contributed by atoms with Gasteiger partial charge in [0.15, 0.2) is 5.13 Å². The van der Waals surface area contributed by atoms with Crippen LogP contribution in [-0.2, 0) is 0 Å². The van der Waals surface area contributed by atoms with Crippen molar-refractivity contribution >= 4 is 26.7 Å². The summed E-state index contributed by atoms with van der Waals surface area (Å²) >= 11 is 1.75. The van der Waals surface area contributed by atoms with Gasteiger partial charge >= 0.3 is 0 Å². The fourth-order valence-electron chi connectivity index (χ4n) is 3.36. The molecule has 24 heavy (non-hydrogen) atoms. The Morgan fingerprint density at radius 3 is 2.96 bits per heavy atom. The minimum atomic E-state index is -0.0647. The first kappa shape index (κ1) is 15.3. The zero-order valence-electron chi connectivity index (χ0n) is 13.9. The highest BCUT2D eigenvalue weighted by Crippen LogP contribution is 2.34. The third kappa shape index (κ3) is 2.94. The molecule has 0 aliphatic carbocycles. The highest BCUT2D eigenvalue weighted by atomic mass is 32.1. The summed E-state index contributed by atoms with van der Waals surface area (Å²) in [5.41, 5.74) is 3.16. The fourth-order valence-corrected chi connectivity index (χ4v) is 4.46. The number of hydrogen-bond donors (Lipinski definition) is 1. The molecule has 0 bridgehead atoms. The van der Waals surface area contributed by atoms with Gasteiger partial charge in [-0.1, -0.05) is 17.4 Å². The van der Waals surface area contributed by atoms with E-state index in [1.165, 1.54) is 10.3 Å². The van der Waals surface area contributed by atoms with Gasteiger partial charge in [-0.2, -0.15) is 0 Å². The number of aryl methyl sites for hydroxylation is 2. The summed E-state index contributed by atoms with van der Waals surface area (Å²) in [4.78, 5) is 26.1. The molecule has 6 heteroatoms. The van der Waals surface area contributed by atoms with Gasteiger partial charge in [-0.25, -0.2) is 9.97 Å². The van der Waals surface area contributed by atoms with Gasteiger partial charge in [0, 0.05) is 25.1 Å². The maximum Gasteiger partial charge on any atom is 0.251 e. The molecule has 2 aromatic heterocycles. The molecule has 3 heterocycles. The number of rotatable bonds is 2. The van der Waals surface area contributed by atoms with Crippen molar-refractivity contribution in [3.63, 3.8) is 0 Å². The van der Waals surface area contributed by atoms with Crippen LogP contribution < -0.4 is 10.5 Å². The van der Waals surface area contributed by atoms with Gasteiger partial charge < -0.3 is 9.88 Å². The molecule has 1 atom stereocenters.